The number of carbonyl (C=O) groups is 1. The van der Waals surface area contributed by atoms with Gasteiger partial charge in [-0.25, -0.2) is 0 Å². The zero-order valence-electron chi connectivity index (χ0n) is 10.4. The van der Waals surface area contributed by atoms with E-state index in [2.05, 4.69) is 45.2 Å². The van der Waals surface area contributed by atoms with Gasteiger partial charge >= 0.3 is 0 Å². The van der Waals surface area contributed by atoms with Gasteiger partial charge in [-0.1, -0.05) is 28.1 Å². The number of nitrogens with zero attached hydrogens (tertiary/aromatic N) is 1. The Kier molecular flexibility index (Phi) is 4.37. The van der Waals surface area contributed by atoms with Gasteiger partial charge in [0.25, 0.3) is 0 Å². The van der Waals surface area contributed by atoms with Crippen molar-refractivity contribution in [2.45, 2.75) is 19.0 Å². The molecule has 1 aromatic carbocycles. The second kappa shape index (κ2) is 5.82. The molecular formula is C13H18BrN3O. The lowest BCUT2D eigenvalue weighted by molar-refractivity contribution is -0.124. The molecule has 1 heterocycles. The molecule has 5 heteroatoms. The molecule has 2 unspecified atom stereocenters. The van der Waals surface area contributed by atoms with Gasteiger partial charge in [-0.2, -0.15) is 0 Å². The van der Waals surface area contributed by atoms with Crippen LogP contribution in [0, 0.1) is 0 Å². The smallest absolute Gasteiger partial charge is 0.236 e. The highest BCUT2D eigenvalue weighted by Gasteiger charge is 2.30. The summed E-state index contributed by atoms with van der Waals surface area (Å²) < 4.78 is 1.06. The molecule has 0 aliphatic carbocycles. The predicted molar refractivity (Wildman–Crippen MR) is 75.1 cm³/mol. The lowest BCUT2D eigenvalue weighted by Gasteiger charge is -2.38. The Labute approximate surface area is 116 Å². The van der Waals surface area contributed by atoms with Crippen molar-refractivity contribution >= 4 is 21.8 Å². The van der Waals surface area contributed by atoms with E-state index in [0.717, 1.165) is 17.6 Å². The molecule has 0 aromatic heterocycles. The van der Waals surface area contributed by atoms with Crippen molar-refractivity contribution in [1.29, 1.82) is 0 Å². The Morgan fingerprint density at radius 3 is 2.78 bits per heavy atom. The predicted octanol–water partition coefficient (Wildman–Crippen LogP) is 1.27. The maximum Gasteiger partial charge on any atom is 0.236 e. The first-order valence-electron chi connectivity index (χ1n) is 6.11. The van der Waals surface area contributed by atoms with E-state index in [4.69, 9.17) is 5.73 Å². The van der Waals surface area contributed by atoms with Crippen LogP contribution in [0.5, 0.6) is 0 Å². The van der Waals surface area contributed by atoms with Gasteiger partial charge in [0.15, 0.2) is 0 Å². The molecule has 0 saturated carbocycles. The summed E-state index contributed by atoms with van der Waals surface area (Å²) in [4.78, 5) is 13.7. The quantitative estimate of drug-likeness (QED) is 0.884. The summed E-state index contributed by atoms with van der Waals surface area (Å²) in [5.41, 5.74) is 6.67. The van der Waals surface area contributed by atoms with E-state index >= 15 is 0 Å². The van der Waals surface area contributed by atoms with Crippen molar-refractivity contribution in [3.63, 3.8) is 0 Å². The molecule has 1 saturated heterocycles. The van der Waals surface area contributed by atoms with Gasteiger partial charge in [-0.3, -0.25) is 9.69 Å². The van der Waals surface area contributed by atoms with E-state index in [1.807, 2.05) is 12.1 Å². The minimum Gasteiger partial charge on any atom is -0.368 e. The summed E-state index contributed by atoms with van der Waals surface area (Å²) in [5.74, 6) is -0.258. The van der Waals surface area contributed by atoms with Crippen molar-refractivity contribution in [3.05, 3.63) is 34.3 Å². The van der Waals surface area contributed by atoms with Crippen LogP contribution in [-0.2, 0) is 4.79 Å². The van der Waals surface area contributed by atoms with Crippen LogP contribution < -0.4 is 11.1 Å². The van der Waals surface area contributed by atoms with Crippen molar-refractivity contribution in [1.82, 2.24) is 10.2 Å². The number of hydrogen-bond acceptors (Lipinski definition) is 3. The number of halogens is 1. The van der Waals surface area contributed by atoms with E-state index in [0.29, 0.717) is 6.54 Å². The molecule has 4 nitrogen and oxygen atoms in total. The molecule has 0 spiro atoms. The highest BCUT2D eigenvalue weighted by atomic mass is 79.9. The summed E-state index contributed by atoms with van der Waals surface area (Å²) in [7, 11) is 0. The number of nitrogens with two attached hydrogens (primary N) is 1. The highest BCUT2D eigenvalue weighted by Crippen LogP contribution is 2.24. The number of primary amides is 1. The Balaban J connectivity index is 2.17. The van der Waals surface area contributed by atoms with Crippen molar-refractivity contribution in [2.24, 2.45) is 5.73 Å². The van der Waals surface area contributed by atoms with Gasteiger partial charge in [0, 0.05) is 30.1 Å². The molecule has 1 aromatic rings. The van der Waals surface area contributed by atoms with Crippen molar-refractivity contribution < 1.29 is 4.79 Å². The van der Waals surface area contributed by atoms with Gasteiger partial charge in [0.2, 0.25) is 5.91 Å². The van der Waals surface area contributed by atoms with Gasteiger partial charge < -0.3 is 11.1 Å². The van der Waals surface area contributed by atoms with E-state index in [1.165, 1.54) is 5.56 Å². The molecule has 0 bridgehead atoms. The number of nitrogens with one attached hydrogen (secondary N) is 1. The molecule has 1 aliphatic heterocycles. The molecule has 1 aliphatic rings. The average molecular weight is 312 g/mol. The van der Waals surface area contributed by atoms with Gasteiger partial charge in [-0.15, -0.1) is 0 Å². The zero-order chi connectivity index (χ0) is 13.1. The number of benzene rings is 1. The molecular weight excluding hydrogens is 294 g/mol. The monoisotopic (exact) mass is 311 g/mol. The molecule has 98 valence electrons. The van der Waals surface area contributed by atoms with E-state index in [9.17, 15) is 4.79 Å². The zero-order valence-corrected chi connectivity index (χ0v) is 12.0. The fourth-order valence-electron chi connectivity index (χ4n) is 2.38. The molecule has 2 atom stereocenters. The number of amides is 1. The summed E-state index contributed by atoms with van der Waals surface area (Å²) >= 11 is 3.43. The summed E-state index contributed by atoms with van der Waals surface area (Å²) in [5, 5.41) is 3.21. The van der Waals surface area contributed by atoms with Crippen LogP contribution in [0.25, 0.3) is 0 Å². The minimum atomic E-state index is -0.258. The molecule has 1 amide bonds. The largest absolute Gasteiger partial charge is 0.368 e. The Morgan fingerprint density at radius 2 is 2.17 bits per heavy atom. The van der Waals surface area contributed by atoms with Gasteiger partial charge in [0.05, 0.1) is 0 Å². The molecule has 3 N–H and O–H groups in total. The second-order valence-electron chi connectivity index (χ2n) is 4.59. The standard InChI is InChI=1S/C13H18BrN3O/c1-9(10-2-4-11(14)5-3-10)17-7-6-16-8-12(17)13(15)18/h2-5,9,12,16H,6-8H2,1H3,(H2,15,18). The fourth-order valence-corrected chi connectivity index (χ4v) is 2.64. The molecule has 2 rings (SSSR count). The van der Waals surface area contributed by atoms with Crippen LogP contribution in [-0.4, -0.2) is 36.5 Å². The number of piperazine rings is 1. The number of hydrogen-bond donors (Lipinski definition) is 2. The van der Waals surface area contributed by atoms with Crippen LogP contribution in [0.1, 0.15) is 18.5 Å². The fraction of sp³-hybridized carbons (Fsp3) is 0.462. The number of carbonyl (C=O) groups excluding carboxylic acids is 1. The third-order valence-corrected chi connectivity index (χ3v) is 3.99. The van der Waals surface area contributed by atoms with E-state index < -0.39 is 0 Å². The Hall–Kier alpha value is -0.910. The van der Waals surface area contributed by atoms with Crippen LogP contribution >= 0.6 is 15.9 Å². The van der Waals surface area contributed by atoms with Crippen LogP contribution in [0.3, 0.4) is 0 Å². The topological polar surface area (TPSA) is 58.4 Å². The molecule has 1 fully saturated rings. The van der Waals surface area contributed by atoms with Crippen molar-refractivity contribution in [2.75, 3.05) is 19.6 Å². The lowest BCUT2D eigenvalue weighted by atomic mass is 10.0. The van der Waals surface area contributed by atoms with E-state index in [1.54, 1.807) is 0 Å². The first-order chi connectivity index (χ1) is 8.59. The van der Waals surface area contributed by atoms with Crippen LogP contribution in [0.2, 0.25) is 0 Å². The summed E-state index contributed by atoms with van der Waals surface area (Å²) in [6, 6.07) is 8.17. The Morgan fingerprint density at radius 1 is 1.50 bits per heavy atom. The first kappa shape index (κ1) is 13.5. The Bertz CT molecular complexity index is 421. The summed E-state index contributed by atoms with van der Waals surface area (Å²) in [6.07, 6.45) is 0. The highest BCUT2D eigenvalue weighted by molar-refractivity contribution is 9.10. The SMILES string of the molecule is CC(c1ccc(Br)cc1)N1CCNCC1C(N)=O. The van der Waals surface area contributed by atoms with Crippen LogP contribution in [0.15, 0.2) is 28.7 Å². The first-order valence-corrected chi connectivity index (χ1v) is 6.90. The molecule has 0 radical (unpaired) electrons. The van der Waals surface area contributed by atoms with Crippen molar-refractivity contribution in [3.8, 4) is 0 Å². The second-order valence-corrected chi connectivity index (χ2v) is 5.50. The third kappa shape index (κ3) is 2.91. The minimum absolute atomic E-state index is 0.192. The maximum atomic E-state index is 11.5. The lowest BCUT2D eigenvalue weighted by Crippen LogP contribution is -2.57. The number of rotatable bonds is 3. The average Bonchev–Trinajstić information content (AvgIpc) is 2.39. The maximum absolute atomic E-state index is 11.5. The van der Waals surface area contributed by atoms with E-state index in [-0.39, 0.29) is 18.0 Å². The summed E-state index contributed by atoms with van der Waals surface area (Å²) in [6.45, 7) is 4.48. The van der Waals surface area contributed by atoms with Gasteiger partial charge in [-0.05, 0) is 24.6 Å². The third-order valence-electron chi connectivity index (χ3n) is 3.46. The normalized spacial score (nSPS) is 22.7. The van der Waals surface area contributed by atoms with Crippen LogP contribution in [0.4, 0.5) is 0 Å². The van der Waals surface area contributed by atoms with Gasteiger partial charge in [0.1, 0.15) is 6.04 Å². The molecule has 18 heavy (non-hydrogen) atoms.